The van der Waals surface area contributed by atoms with E-state index in [-0.39, 0.29) is 0 Å². The first kappa shape index (κ1) is 15.9. The summed E-state index contributed by atoms with van der Waals surface area (Å²) in [6.07, 6.45) is 9.94. The van der Waals surface area contributed by atoms with Crippen LogP contribution in [-0.2, 0) is 6.54 Å². The Morgan fingerprint density at radius 2 is 1.96 bits per heavy atom. The van der Waals surface area contributed by atoms with Crippen LogP contribution < -0.4 is 0 Å². The van der Waals surface area contributed by atoms with Crippen molar-refractivity contribution < 1.29 is 0 Å². The zero-order valence-corrected chi connectivity index (χ0v) is 14.6. The third kappa shape index (κ3) is 3.30. The molecule has 6 nitrogen and oxygen atoms in total. The second-order valence-electron chi connectivity index (χ2n) is 6.53. The van der Waals surface area contributed by atoms with Gasteiger partial charge in [-0.2, -0.15) is 0 Å². The van der Waals surface area contributed by atoms with Gasteiger partial charge in [0.05, 0.1) is 11.7 Å². The average Bonchev–Trinajstić information content (AvgIpc) is 3.26. The van der Waals surface area contributed by atoms with Crippen LogP contribution in [-0.4, -0.2) is 35.9 Å². The summed E-state index contributed by atoms with van der Waals surface area (Å²) < 4.78 is 2.02. The van der Waals surface area contributed by atoms with Crippen LogP contribution in [0.1, 0.15) is 41.8 Å². The van der Waals surface area contributed by atoms with Crippen molar-refractivity contribution >= 4 is 0 Å². The largest absolute Gasteiger partial charge is 0.290 e. The van der Waals surface area contributed by atoms with Crippen LogP contribution in [0.2, 0.25) is 0 Å². The maximum absolute atomic E-state index is 4.91. The molecule has 0 saturated carbocycles. The molecule has 0 N–H and O–H groups in total. The molecule has 25 heavy (non-hydrogen) atoms. The van der Waals surface area contributed by atoms with Gasteiger partial charge >= 0.3 is 0 Å². The van der Waals surface area contributed by atoms with Crippen molar-refractivity contribution in [2.75, 3.05) is 6.54 Å². The number of hydrogen-bond donors (Lipinski definition) is 0. The lowest BCUT2D eigenvalue weighted by molar-refractivity contribution is 0.244. The molecule has 1 fully saturated rings. The van der Waals surface area contributed by atoms with Crippen molar-refractivity contribution in [3.05, 3.63) is 65.9 Å². The first-order chi connectivity index (χ1) is 12.2. The number of nitrogens with zero attached hydrogens (tertiary/aromatic N) is 6. The lowest BCUT2D eigenvalue weighted by atomic mass is 10.1. The molecule has 128 valence electrons. The van der Waals surface area contributed by atoms with Gasteiger partial charge in [0, 0.05) is 36.9 Å². The molecule has 6 heteroatoms. The van der Waals surface area contributed by atoms with E-state index in [9.17, 15) is 0 Å². The Hall–Kier alpha value is -2.60. The second kappa shape index (κ2) is 6.72. The summed E-state index contributed by atoms with van der Waals surface area (Å²) >= 11 is 0. The van der Waals surface area contributed by atoms with Gasteiger partial charge in [-0.15, -0.1) is 0 Å². The third-order valence-electron chi connectivity index (χ3n) is 4.75. The van der Waals surface area contributed by atoms with Gasteiger partial charge in [-0.1, -0.05) is 6.07 Å². The highest BCUT2D eigenvalue weighted by Crippen LogP contribution is 2.32. The zero-order chi connectivity index (χ0) is 17.2. The Morgan fingerprint density at radius 3 is 2.72 bits per heavy atom. The van der Waals surface area contributed by atoms with Gasteiger partial charge in [0.2, 0.25) is 0 Å². The van der Waals surface area contributed by atoms with Crippen molar-refractivity contribution in [1.82, 2.24) is 29.4 Å². The van der Waals surface area contributed by atoms with E-state index in [4.69, 9.17) is 4.98 Å². The molecular weight excluding hydrogens is 312 g/mol. The highest BCUT2D eigenvalue weighted by atomic mass is 15.2. The Balaban J connectivity index is 1.58. The summed E-state index contributed by atoms with van der Waals surface area (Å²) in [6, 6.07) is 6.59. The van der Waals surface area contributed by atoms with E-state index in [1.807, 2.05) is 49.3 Å². The fourth-order valence-corrected chi connectivity index (χ4v) is 3.47. The summed E-state index contributed by atoms with van der Waals surface area (Å²) in [4.78, 5) is 20.3. The van der Waals surface area contributed by atoms with Crippen LogP contribution in [0.5, 0.6) is 0 Å². The minimum atomic E-state index is 0.338. The highest BCUT2D eigenvalue weighted by molar-refractivity contribution is 5.28. The van der Waals surface area contributed by atoms with Gasteiger partial charge in [-0.3, -0.25) is 9.47 Å². The number of likely N-dealkylation sites (tertiary alicyclic amines) is 1. The van der Waals surface area contributed by atoms with Gasteiger partial charge in [0.1, 0.15) is 17.5 Å². The molecule has 1 unspecified atom stereocenters. The molecule has 0 aromatic carbocycles. The summed E-state index contributed by atoms with van der Waals surface area (Å²) in [5, 5.41) is 0. The second-order valence-corrected chi connectivity index (χ2v) is 6.53. The molecule has 1 atom stereocenters. The van der Waals surface area contributed by atoms with Gasteiger partial charge in [-0.05, 0) is 45.4 Å². The minimum absolute atomic E-state index is 0.338. The number of hydrogen-bond acceptors (Lipinski definition) is 5. The van der Waals surface area contributed by atoms with E-state index in [1.54, 1.807) is 0 Å². The van der Waals surface area contributed by atoms with Crippen molar-refractivity contribution in [1.29, 1.82) is 0 Å². The zero-order valence-electron chi connectivity index (χ0n) is 14.6. The standard InChI is InChI=1S/C19H22N6/c1-14-21-11-16(12-22-14)13-24-9-4-6-18(24)17-5-3-7-19(23-17)25-10-8-20-15(25)2/h3,5,7-8,10-12,18H,4,6,9,13H2,1-2H3. The van der Waals surface area contributed by atoms with Crippen LogP contribution in [0, 0.1) is 13.8 Å². The van der Waals surface area contributed by atoms with Crippen LogP contribution in [0.25, 0.3) is 5.82 Å². The maximum Gasteiger partial charge on any atom is 0.138 e. The molecule has 4 heterocycles. The lowest BCUT2D eigenvalue weighted by Gasteiger charge is -2.24. The summed E-state index contributed by atoms with van der Waals surface area (Å²) in [5.41, 5.74) is 2.27. The van der Waals surface area contributed by atoms with E-state index >= 15 is 0 Å². The molecule has 1 saturated heterocycles. The van der Waals surface area contributed by atoms with Crippen LogP contribution >= 0.6 is 0 Å². The molecule has 0 amide bonds. The smallest absolute Gasteiger partial charge is 0.138 e. The van der Waals surface area contributed by atoms with Gasteiger partial charge in [0.25, 0.3) is 0 Å². The normalized spacial score (nSPS) is 17.9. The predicted octanol–water partition coefficient (Wildman–Crippen LogP) is 3.01. The SMILES string of the molecule is Cc1ncc(CN2CCCC2c2cccc(-n3ccnc3C)n2)cn1. The summed E-state index contributed by atoms with van der Waals surface area (Å²) in [6.45, 7) is 5.85. The third-order valence-corrected chi connectivity index (χ3v) is 4.75. The molecule has 0 radical (unpaired) electrons. The molecular formula is C19H22N6. The Morgan fingerprint density at radius 1 is 1.12 bits per heavy atom. The highest BCUT2D eigenvalue weighted by Gasteiger charge is 2.27. The number of rotatable bonds is 4. The Kier molecular flexibility index (Phi) is 4.28. The van der Waals surface area contributed by atoms with Crippen molar-refractivity contribution in [3.63, 3.8) is 0 Å². The first-order valence-corrected chi connectivity index (χ1v) is 8.69. The molecule has 0 bridgehead atoms. The molecule has 1 aliphatic heterocycles. The fourth-order valence-electron chi connectivity index (χ4n) is 3.47. The van der Waals surface area contributed by atoms with Gasteiger partial charge < -0.3 is 0 Å². The lowest BCUT2D eigenvalue weighted by Crippen LogP contribution is -2.24. The number of pyridine rings is 1. The van der Waals surface area contributed by atoms with Crippen LogP contribution in [0.3, 0.4) is 0 Å². The van der Waals surface area contributed by atoms with Crippen molar-refractivity contribution in [2.24, 2.45) is 0 Å². The van der Waals surface area contributed by atoms with E-state index in [1.165, 1.54) is 6.42 Å². The predicted molar refractivity (Wildman–Crippen MR) is 95.3 cm³/mol. The van der Waals surface area contributed by atoms with Crippen LogP contribution in [0.4, 0.5) is 0 Å². The van der Waals surface area contributed by atoms with Crippen LogP contribution in [0.15, 0.2) is 43.0 Å². The average molecular weight is 334 g/mol. The van der Waals surface area contributed by atoms with Gasteiger partial charge in [0.15, 0.2) is 0 Å². The Bertz CT molecular complexity index is 854. The van der Waals surface area contributed by atoms with Gasteiger partial charge in [-0.25, -0.2) is 19.9 Å². The topological polar surface area (TPSA) is 59.7 Å². The van der Waals surface area contributed by atoms with E-state index < -0.39 is 0 Å². The van der Waals surface area contributed by atoms with Crippen molar-refractivity contribution in [2.45, 2.75) is 39.3 Å². The number of aromatic nitrogens is 5. The maximum atomic E-state index is 4.91. The monoisotopic (exact) mass is 334 g/mol. The number of imidazole rings is 1. The van der Waals surface area contributed by atoms with E-state index in [0.29, 0.717) is 6.04 Å². The fraction of sp³-hybridized carbons (Fsp3) is 0.368. The molecule has 4 rings (SSSR count). The molecule has 1 aliphatic rings. The number of aryl methyl sites for hydroxylation is 2. The first-order valence-electron chi connectivity index (χ1n) is 8.69. The Labute approximate surface area is 147 Å². The summed E-state index contributed by atoms with van der Waals surface area (Å²) in [5.74, 6) is 2.69. The molecule has 0 spiro atoms. The minimum Gasteiger partial charge on any atom is -0.290 e. The summed E-state index contributed by atoms with van der Waals surface area (Å²) in [7, 11) is 0. The quantitative estimate of drug-likeness (QED) is 0.734. The molecule has 3 aromatic rings. The van der Waals surface area contributed by atoms with E-state index in [0.717, 1.165) is 48.2 Å². The molecule has 3 aromatic heterocycles. The molecule has 0 aliphatic carbocycles. The van der Waals surface area contributed by atoms with E-state index in [2.05, 4.69) is 32.0 Å². The van der Waals surface area contributed by atoms with Crippen molar-refractivity contribution in [3.8, 4) is 5.82 Å².